The molecule has 1 aliphatic carbocycles. The average molecular weight is 421 g/mol. The van der Waals surface area contributed by atoms with Gasteiger partial charge in [-0.25, -0.2) is 4.79 Å². The molecule has 0 saturated carbocycles. The highest BCUT2D eigenvalue weighted by molar-refractivity contribution is 5.78. The fraction of sp³-hybridized carbons (Fsp3) is 0.417. The smallest absolute Gasteiger partial charge is 0.328 e. The molecule has 1 aromatic heterocycles. The van der Waals surface area contributed by atoms with Crippen LogP contribution < -0.4 is 20.7 Å². The van der Waals surface area contributed by atoms with Gasteiger partial charge in [-0.05, 0) is 48.1 Å². The molecule has 1 fully saturated rings. The van der Waals surface area contributed by atoms with Crippen molar-refractivity contribution in [2.45, 2.75) is 25.3 Å². The van der Waals surface area contributed by atoms with Gasteiger partial charge in [0.15, 0.2) is 0 Å². The van der Waals surface area contributed by atoms with Crippen molar-refractivity contribution in [3.05, 3.63) is 68.4 Å². The van der Waals surface area contributed by atoms with Crippen LogP contribution in [0.5, 0.6) is 11.5 Å². The van der Waals surface area contributed by atoms with E-state index in [0.717, 1.165) is 31.7 Å². The third-order valence-corrected chi connectivity index (χ3v) is 6.90. The molecule has 2 atom stereocenters. The second kappa shape index (κ2) is 7.89. The van der Waals surface area contributed by atoms with Crippen molar-refractivity contribution in [2.24, 2.45) is 5.92 Å². The van der Waals surface area contributed by atoms with Crippen molar-refractivity contribution in [2.75, 3.05) is 33.9 Å². The van der Waals surface area contributed by atoms with E-state index >= 15 is 0 Å². The number of benzene rings is 2. The highest BCUT2D eigenvalue weighted by atomic mass is 16.5. The second-order valence-corrected chi connectivity index (χ2v) is 8.49. The summed E-state index contributed by atoms with van der Waals surface area (Å²) in [5.74, 6) is 2.69. The molecular weight excluding hydrogens is 394 g/mol. The van der Waals surface area contributed by atoms with Crippen LogP contribution in [-0.4, -0.2) is 48.3 Å². The molecule has 5 rings (SSSR count). The minimum absolute atomic E-state index is 0.256. The minimum atomic E-state index is -0.377. The minimum Gasteiger partial charge on any atom is -0.497 e. The van der Waals surface area contributed by atoms with Gasteiger partial charge in [-0.2, -0.15) is 0 Å². The third kappa shape index (κ3) is 3.43. The van der Waals surface area contributed by atoms with Gasteiger partial charge in [0, 0.05) is 38.2 Å². The lowest BCUT2D eigenvalue weighted by Gasteiger charge is -2.28. The number of fused-ring (bicyclic) bond motifs is 4. The molecule has 3 aromatic rings. The van der Waals surface area contributed by atoms with Crippen molar-refractivity contribution < 1.29 is 9.47 Å². The highest BCUT2D eigenvalue weighted by Gasteiger charge is 2.38. The van der Waals surface area contributed by atoms with Crippen molar-refractivity contribution in [3.8, 4) is 11.5 Å². The van der Waals surface area contributed by atoms with Crippen LogP contribution in [0, 0.1) is 5.92 Å². The predicted molar refractivity (Wildman–Crippen MR) is 119 cm³/mol. The summed E-state index contributed by atoms with van der Waals surface area (Å²) >= 11 is 0. The number of aromatic nitrogens is 2. The Balaban J connectivity index is 1.35. The molecule has 2 aliphatic rings. The molecule has 2 heterocycles. The summed E-state index contributed by atoms with van der Waals surface area (Å²) in [5, 5.41) is 0.497. The summed E-state index contributed by atoms with van der Waals surface area (Å²) < 4.78 is 12.1. The molecule has 1 saturated heterocycles. The normalized spacial score (nSPS) is 20.5. The highest BCUT2D eigenvalue weighted by Crippen LogP contribution is 2.43. The van der Waals surface area contributed by atoms with Crippen molar-refractivity contribution in [1.29, 1.82) is 0 Å². The Labute approximate surface area is 180 Å². The number of methoxy groups -OCH3 is 2. The van der Waals surface area contributed by atoms with E-state index in [9.17, 15) is 9.59 Å². The maximum absolute atomic E-state index is 12.9. The molecular formula is C24H27N3O4. The van der Waals surface area contributed by atoms with Crippen LogP contribution in [0.4, 0.5) is 0 Å². The molecule has 162 valence electrons. The van der Waals surface area contributed by atoms with Gasteiger partial charge < -0.3 is 19.4 Å². The standard InChI is InChI=1S/C24H27N3O4/c1-30-16-7-9-19-21(12-16)25-24(29)27(23(19)28)11-10-26-13-15-6-8-18-17(20(15)14-26)4-3-5-22(18)31-2/h3-5,7,9,12,15,20H,6,8,10-11,13-14H2,1-2H3,(H,25,29)/t15-,20+/m0/s1. The number of hydrogen-bond donors (Lipinski definition) is 1. The van der Waals surface area contributed by atoms with Crippen LogP contribution in [-0.2, 0) is 13.0 Å². The summed E-state index contributed by atoms with van der Waals surface area (Å²) in [5.41, 5.74) is 2.60. The van der Waals surface area contributed by atoms with Crippen molar-refractivity contribution in [1.82, 2.24) is 14.5 Å². The average Bonchev–Trinajstić information content (AvgIpc) is 3.21. The third-order valence-electron chi connectivity index (χ3n) is 6.90. The van der Waals surface area contributed by atoms with Gasteiger partial charge in [-0.3, -0.25) is 9.36 Å². The lowest BCUT2D eigenvalue weighted by atomic mass is 9.77. The Kier molecular flexibility index (Phi) is 5.06. The van der Waals surface area contributed by atoms with Crippen molar-refractivity contribution >= 4 is 10.9 Å². The van der Waals surface area contributed by atoms with Gasteiger partial charge in [-0.1, -0.05) is 12.1 Å². The molecule has 0 unspecified atom stereocenters. The summed E-state index contributed by atoms with van der Waals surface area (Å²) in [4.78, 5) is 30.7. The molecule has 2 aromatic carbocycles. The number of nitrogens with zero attached hydrogens (tertiary/aromatic N) is 2. The van der Waals surface area contributed by atoms with Crippen LogP contribution in [0.2, 0.25) is 0 Å². The molecule has 1 aliphatic heterocycles. The molecule has 7 nitrogen and oxygen atoms in total. The topological polar surface area (TPSA) is 76.6 Å². The fourth-order valence-corrected chi connectivity index (χ4v) is 5.31. The second-order valence-electron chi connectivity index (χ2n) is 8.49. The molecule has 1 N–H and O–H groups in total. The maximum atomic E-state index is 12.9. The van der Waals surface area contributed by atoms with Gasteiger partial charge in [0.2, 0.25) is 0 Å². The van der Waals surface area contributed by atoms with Crippen LogP contribution in [0.15, 0.2) is 46.0 Å². The van der Waals surface area contributed by atoms with Gasteiger partial charge in [0.05, 0.1) is 25.1 Å². The first-order chi connectivity index (χ1) is 15.1. The molecule has 0 radical (unpaired) electrons. The lowest BCUT2D eigenvalue weighted by molar-refractivity contribution is 0.303. The van der Waals surface area contributed by atoms with E-state index in [0.29, 0.717) is 41.6 Å². The van der Waals surface area contributed by atoms with E-state index in [-0.39, 0.29) is 11.2 Å². The molecule has 0 spiro atoms. The van der Waals surface area contributed by atoms with Crippen molar-refractivity contribution in [3.63, 3.8) is 0 Å². The van der Waals surface area contributed by atoms with E-state index in [1.165, 1.54) is 15.7 Å². The van der Waals surface area contributed by atoms with Gasteiger partial charge in [0.25, 0.3) is 5.56 Å². The Morgan fingerprint density at radius 1 is 1.06 bits per heavy atom. The quantitative estimate of drug-likeness (QED) is 0.685. The zero-order valence-corrected chi connectivity index (χ0v) is 17.9. The van der Waals surface area contributed by atoms with E-state index < -0.39 is 0 Å². The molecule has 7 heteroatoms. The van der Waals surface area contributed by atoms with Crippen LogP contribution in [0.25, 0.3) is 10.9 Å². The van der Waals surface area contributed by atoms with Gasteiger partial charge in [0.1, 0.15) is 11.5 Å². The summed E-state index contributed by atoms with van der Waals surface area (Å²) in [6.07, 6.45) is 2.19. The molecule has 31 heavy (non-hydrogen) atoms. The zero-order valence-electron chi connectivity index (χ0n) is 17.9. The Morgan fingerprint density at radius 3 is 2.74 bits per heavy atom. The Bertz CT molecular complexity index is 1250. The largest absolute Gasteiger partial charge is 0.497 e. The number of aromatic amines is 1. The van der Waals surface area contributed by atoms with E-state index in [4.69, 9.17) is 9.47 Å². The van der Waals surface area contributed by atoms with Crippen LogP contribution >= 0.6 is 0 Å². The fourth-order valence-electron chi connectivity index (χ4n) is 5.31. The first-order valence-corrected chi connectivity index (χ1v) is 10.8. The zero-order chi connectivity index (χ0) is 21.5. The number of nitrogens with one attached hydrogen (secondary N) is 1. The Hall–Kier alpha value is -3.06. The number of likely N-dealkylation sites (tertiary alicyclic amines) is 1. The Morgan fingerprint density at radius 2 is 1.94 bits per heavy atom. The monoisotopic (exact) mass is 421 g/mol. The number of hydrogen-bond acceptors (Lipinski definition) is 5. The molecule has 0 amide bonds. The van der Waals surface area contributed by atoms with Crippen LogP contribution in [0.1, 0.15) is 23.5 Å². The summed E-state index contributed by atoms with van der Waals surface area (Å²) in [6, 6.07) is 11.5. The molecule has 0 bridgehead atoms. The first kappa shape index (κ1) is 19.9. The summed E-state index contributed by atoms with van der Waals surface area (Å²) in [6.45, 7) is 3.00. The van der Waals surface area contributed by atoms with Gasteiger partial charge in [-0.15, -0.1) is 0 Å². The van der Waals surface area contributed by atoms with Gasteiger partial charge >= 0.3 is 5.69 Å². The number of H-pyrrole nitrogens is 1. The SMILES string of the molecule is COc1ccc2c(=O)n(CCN3C[C@@H]4CCc5c(OC)cccc5[C@@H]4C3)c(=O)[nH]c2c1. The summed E-state index contributed by atoms with van der Waals surface area (Å²) in [7, 11) is 3.29. The van der Waals surface area contributed by atoms with Crippen LogP contribution in [0.3, 0.4) is 0 Å². The first-order valence-electron chi connectivity index (χ1n) is 10.8. The maximum Gasteiger partial charge on any atom is 0.328 e. The van der Waals surface area contributed by atoms with E-state index in [1.54, 1.807) is 32.4 Å². The number of rotatable bonds is 5. The van der Waals surface area contributed by atoms with E-state index in [2.05, 4.69) is 22.0 Å². The van der Waals surface area contributed by atoms with E-state index in [1.807, 2.05) is 6.07 Å². The number of ether oxygens (including phenoxy) is 2. The lowest BCUT2D eigenvalue weighted by Crippen LogP contribution is -2.38. The predicted octanol–water partition coefficient (Wildman–Crippen LogP) is 2.37.